The number of methoxy groups -OCH3 is 1. The molecule has 0 atom stereocenters. The molecule has 1 aromatic carbocycles. The number of ether oxygens (including phenoxy) is 1. The fourth-order valence-corrected chi connectivity index (χ4v) is 1.32. The summed E-state index contributed by atoms with van der Waals surface area (Å²) in [6.07, 6.45) is 3.79. The lowest BCUT2D eigenvalue weighted by Crippen LogP contribution is -1.93. The summed E-state index contributed by atoms with van der Waals surface area (Å²) in [7, 11) is 1.46. The molecule has 0 radical (unpaired) electrons. The third-order valence-electron chi connectivity index (χ3n) is 2.04. The van der Waals surface area contributed by atoms with E-state index in [0.717, 1.165) is 5.69 Å². The van der Waals surface area contributed by atoms with E-state index in [1.807, 2.05) is 29.1 Å². The van der Waals surface area contributed by atoms with Gasteiger partial charge in [-0.25, -0.2) is 4.39 Å². The number of aromatic nitrogens is 1. The number of rotatable bonds is 2. The zero-order valence-electron chi connectivity index (χ0n) is 7.77. The van der Waals surface area contributed by atoms with Gasteiger partial charge < -0.3 is 9.30 Å². The molecule has 0 amide bonds. The molecule has 2 rings (SSSR count). The highest BCUT2D eigenvalue weighted by Gasteiger charge is 2.03. The summed E-state index contributed by atoms with van der Waals surface area (Å²) in [4.78, 5) is 0. The first-order chi connectivity index (χ1) is 6.81. The van der Waals surface area contributed by atoms with E-state index >= 15 is 0 Å². The molecule has 0 unspecified atom stereocenters. The lowest BCUT2D eigenvalue weighted by Gasteiger charge is -2.06. The van der Waals surface area contributed by atoms with Crippen LogP contribution in [-0.2, 0) is 0 Å². The van der Waals surface area contributed by atoms with Gasteiger partial charge in [-0.3, -0.25) is 0 Å². The van der Waals surface area contributed by atoms with Crippen molar-refractivity contribution in [2.75, 3.05) is 7.11 Å². The maximum atomic E-state index is 13.1. The van der Waals surface area contributed by atoms with Crippen LogP contribution < -0.4 is 4.74 Å². The molecular weight excluding hydrogens is 181 g/mol. The SMILES string of the molecule is COc1cc(-n2cccc2)ccc1F. The normalized spacial score (nSPS) is 10.1. The van der Waals surface area contributed by atoms with E-state index in [0.29, 0.717) is 0 Å². The van der Waals surface area contributed by atoms with Gasteiger partial charge in [-0.05, 0) is 24.3 Å². The van der Waals surface area contributed by atoms with E-state index in [2.05, 4.69) is 0 Å². The summed E-state index contributed by atoms with van der Waals surface area (Å²) < 4.78 is 19.9. The zero-order chi connectivity index (χ0) is 9.97. The molecule has 2 aromatic rings. The number of hydrogen-bond acceptors (Lipinski definition) is 1. The molecule has 3 heteroatoms. The Kier molecular flexibility index (Phi) is 2.23. The summed E-state index contributed by atoms with van der Waals surface area (Å²) in [5.41, 5.74) is 0.883. The first-order valence-electron chi connectivity index (χ1n) is 4.28. The summed E-state index contributed by atoms with van der Waals surface area (Å²) in [5.74, 6) is -0.0837. The molecule has 0 saturated carbocycles. The third-order valence-corrected chi connectivity index (χ3v) is 2.04. The van der Waals surface area contributed by atoms with Gasteiger partial charge in [0, 0.05) is 24.1 Å². The maximum Gasteiger partial charge on any atom is 0.165 e. The van der Waals surface area contributed by atoms with Crippen LogP contribution in [0, 0.1) is 5.82 Å². The molecular formula is C11H10FNO. The topological polar surface area (TPSA) is 14.2 Å². The van der Waals surface area contributed by atoms with Crippen LogP contribution in [-0.4, -0.2) is 11.7 Å². The largest absolute Gasteiger partial charge is 0.494 e. The van der Waals surface area contributed by atoms with Crippen LogP contribution in [0.4, 0.5) is 4.39 Å². The Hall–Kier alpha value is -1.77. The van der Waals surface area contributed by atoms with E-state index < -0.39 is 0 Å². The van der Waals surface area contributed by atoms with E-state index in [-0.39, 0.29) is 11.6 Å². The van der Waals surface area contributed by atoms with Crippen molar-refractivity contribution in [3.63, 3.8) is 0 Å². The molecule has 1 aromatic heterocycles. The second kappa shape index (κ2) is 3.54. The predicted octanol–water partition coefficient (Wildman–Crippen LogP) is 2.63. The van der Waals surface area contributed by atoms with Crippen molar-refractivity contribution < 1.29 is 9.13 Å². The van der Waals surface area contributed by atoms with Crippen LogP contribution in [0.1, 0.15) is 0 Å². The molecule has 0 fully saturated rings. The first kappa shape index (κ1) is 8.81. The fraction of sp³-hybridized carbons (Fsp3) is 0.0909. The van der Waals surface area contributed by atoms with Crippen molar-refractivity contribution in [2.45, 2.75) is 0 Å². The molecule has 0 spiro atoms. The van der Waals surface area contributed by atoms with Crippen molar-refractivity contribution in [1.82, 2.24) is 4.57 Å². The Bertz CT molecular complexity index is 423. The molecule has 0 bridgehead atoms. The van der Waals surface area contributed by atoms with Gasteiger partial charge in [-0.1, -0.05) is 0 Å². The molecule has 14 heavy (non-hydrogen) atoms. The highest BCUT2D eigenvalue weighted by molar-refractivity contribution is 5.40. The highest BCUT2D eigenvalue weighted by Crippen LogP contribution is 2.20. The number of nitrogens with zero attached hydrogens (tertiary/aromatic N) is 1. The zero-order valence-corrected chi connectivity index (χ0v) is 7.77. The summed E-state index contributed by atoms with van der Waals surface area (Å²) in [6, 6.07) is 8.59. The predicted molar refractivity (Wildman–Crippen MR) is 52.3 cm³/mol. The minimum Gasteiger partial charge on any atom is -0.494 e. The number of halogens is 1. The molecule has 0 aliphatic carbocycles. The van der Waals surface area contributed by atoms with Gasteiger partial charge in [-0.2, -0.15) is 0 Å². The second-order valence-corrected chi connectivity index (χ2v) is 2.91. The molecule has 1 heterocycles. The number of hydrogen-bond donors (Lipinski definition) is 0. The van der Waals surface area contributed by atoms with Crippen LogP contribution in [0.2, 0.25) is 0 Å². The second-order valence-electron chi connectivity index (χ2n) is 2.91. The molecule has 72 valence electrons. The lowest BCUT2D eigenvalue weighted by atomic mass is 10.3. The van der Waals surface area contributed by atoms with Gasteiger partial charge in [0.1, 0.15) is 0 Å². The van der Waals surface area contributed by atoms with Crippen molar-refractivity contribution >= 4 is 0 Å². The Balaban J connectivity index is 2.46. The lowest BCUT2D eigenvalue weighted by molar-refractivity contribution is 0.386. The smallest absolute Gasteiger partial charge is 0.165 e. The van der Waals surface area contributed by atoms with Crippen LogP contribution >= 0.6 is 0 Å². The van der Waals surface area contributed by atoms with Gasteiger partial charge in [0.15, 0.2) is 11.6 Å². The van der Waals surface area contributed by atoms with Crippen molar-refractivity contribution in [1.29, 1.82) is 0 Å². The van der Waals surface area contributed by atoms with Gasteiger partial charge in [0.05, 0.1) is 7.11 Å². The maximum absolute atomic E-state index is 13.1. The Morgan fingerprint density at radius 2 is 1.93 bits per heavy atom. The van der Waals surface area contributed by atoms with E-state index in [4.69, 9.17) is 4.74 Å². The standard InChI is InChI=1S/C11H10FNO/c1-14-11-8-9(4-5-10(11)12)13-6-2-3-7-13/h2-8H,1H3. The number of benzene rings is 1. The monoisotopic (exact) mass is 191 g/mol. The molecule has 0 aliphatic rings. The van der Waals surface area contributed by atoms with Crippen molar-refractivity contribution in [3.8, 4) is 11.4 Å². The van der Waals surface area contributed by atoms with E-state index in [1.54, 1.807) is 12.1 Å². The van der Waals surface area contributed by atoms with Crippen LogP contribution in [0.5, 0.6) is 5.75 Å². The Labute approximate surface area is 81.6 Å². The Morgan fingerprint density at radius 3 is 2.57 bits per heavy atom. The van der Waals surface area contributed by atoms with Crippen molar-refractivity contribution in [3.05, 3.63) is 48.5 Å². The van der Waals surface area contributed by atoms with Crippen LogP contribution in [0.3, 0.4) is 0 Å². The molecule has 0 aliphatic heterocycles. The molecule has 0 saturated heterocycles. The molecule has 2 nitrogen and oxygen atoms in total. The van der Waals surface area contributed by atoms with Gasteiger partial charge >= 0.3 is 0 Å². The first-order valence-corrected chi connectivity index (χ1v) is 4.28. The third kappa shape index (κ3) is 1.48. The average Bonchev–Trinajstić information content (AvgIpc) is 2.71. The average molecular weight is 191 g/mol. The van der Waals surface area contributed by atoms with Crippen LogP contribution in [0.25, 0.3) is 5.69 Å². The Morgan fingerprint density at radius 1 is 1.21 bits per heavy atom. The summed E-state index contributed by atoms with van der Waals surface area (Å²) in [5, 5.41) is 0. The quantitative estimate of drug-likeness (QED) is 0.711. The minimum atomic E-state index is -0.344. The minimum absolute atomic E-state index is 0.260. The summed E-state index contributed by atoms with van der Waals surface area (Å²) in [6.45, 7) is 0. The van der Waals surface area contributed by atoms with Gasteiger partial charge in [0.2, 0.25) is 0 Å². The summed E-state index contributed by atoms with van der Waals surface area (Å²) >= 11 is 0. The fourth-order valence-electron chi connectivity index (χ4n) is 1.32. The van der Waals surface area contributed by atoms with Gasteiger partial charge in [-0.15, -0.1) is 0 Å². The van der Waals surface area contributed by atoms with Crippen LogP contribution in [0.15, 0.2) is 42.7 Å². The van der Waals surface area contributed by atoms with Gasteiger partial charge in [0.25, 0.3) is 0 Å². The van der Waals surface area contributed by atoms with E-state index in [9.17, 15) is 4.39 Å². The molecule has 0 N–H and O–H groups in total. The van der Waals surface area contributed by atoms with E-state index in [1.165, 1.54) is 13.2 Å². The highest BCUT2D eigenvalue weighted by atomic mass is 19.1. The van der Waals surface area contributed by atoms with Crippen molar-refractivity contribution in [2.24, 2.45) is 0 Å².